The summed E-state index contributed by atoms with van der Waals surface area (Å²) >= 11 is 0. The van der Waals surface area contributed by atoms with E-state index in [0.717, 1.165) is 11.4 Å². The van der Waals surface area contributed by atoms with Gasteiger partial charge in [-0.15, -0.1) is 0 Å². The molecule has 15 heavy (non-hydrogen) atoms. The fourth-order valence-corrected chi connectivity index (χ4v) is 1.47. The van der Waals surface area contributed by atoms with Crippen LogP contribution >= 0.6 is 0 Å². The highest BCUT2D eigenvalue weighted by atomic mass is 16.1. The van der Waals surface area contributed by atoms with E-state index >= 15 is 0 Å². The summed E-state index contributed by atoms with van der Waals surface area (Å²) in [6, 6.07) is 9.74. The average Bonchev–Trinajstić information content (AvgIpc) is 2.71. The Bertz CT molecular complexity index is 420. The standard InChI is InChI=1S/C12H12N2O/c15-11(9-12-13-6-7-14-12)8-10-4-2-1-3-5-10/h1-7H,8-9H2,(H,13,14). The number of nitrogens with zero attached hydrogens (tertiary/aromatic N) is 1. The molecule has 0 aliphatic heterocycles. The molecular weight excluding hydrogens is 188 g/mol. The molecule has 1 N–H and O–H groups in total. The van der Waals surface area contributed by atoms with Gasteiger partial charge >= 0.3 is 0 Å². The molecule has 1 heterocycles. The lowest BCUT2D eigenvalue weighted by molar-refractivity contribution is -0.117. The first-order chi connectivity index (χ1) is 7.34. The predicted molar refractivity (Wildman–Crippen MR) is 57.4 cm³/mol. The number of H-pyrrole nitrogens is 1. The van der Waals surface area contributed by atoms with E-state index in [2.05, 4.69) is 9.97 Å². The van der Waals surface area contributed by atoms with Gasteiger partial charge in [-0.1, -0.05) is 30.3 Å². The number of aromatic nitrogens is 2. The van der Waals surface area contributed by atoms with Crippen LogP contribution in [0.3, 0.4) is 0 Å². The van der Waals surface area contributed by atoms with Gasteiger partial charge in [0.2, 0.25) is 0 Å². The maximum absolute atomic E-state index is 11.6. The van der Waals surface area contributed by atoms with Gasteiger partial charge in [0.1, 0.15) is 11.6 Å². The molecule has 0 fully saturated rings. The van der Waals surface area contributed by atoms with E-state index in [1.807, 2.05) is 30.3 Å². The molecule has 2 rings (SSSR count). The van der Waals surface area contributed by atoms with Gasteiger partial charge in [0, 0.05) is 18.8 Å². The van der Waals surface area contributed by atoms with Crippen molar-refractivity contribution in [3.63, 3.8) is 0 Å². The minimum absolute atomic E-state index is 0.177. The van der Waals surface area contributed by atoms with Crippen molar-refractivity contribution in [3.05, 3.63) is 54.1 Å². The average molecular weight is 200 g/mol. The number of hydrogen-bond donors (Lipinski definition) is 1. The number of hydrogen-bond acceptors (Lipinski definition) is 2. The highest BCUT2D eigenvalue weighted by molar-refractivity contribution is 5.82. The van der Waals surface area contributed by atoms with Crippen molar-refractivity contribution in [2.45, 2.75) is 12.8 Å². The summed E-state index contributed by atoms with van der Waals surface area (Å²) < 4.78 is 0. The van der Waals surface area contributed by atoms with Crippen molar-refractivity contribution in [2.24, 2.45) is 0 Å². The zero-order chi connectivity index (χ0) is 10.5. The summed E-state index contributed by atoms with van der Waals surface area (Å²) in [4.78, 5) is 18.6. The number of carbonyl (C=O) groups excluding carboxylic acids is 1. The first kappa shape index (κ1) is 9.65. The maximum Gasteiger partial charge on any atom is 0.144 e. The first-order valence-corrected chi connectivity index (χ1v) is 4.88. The van der Waals surface area contributed by atoms with Gasteiger partial charge in [0.25, 0.3) is 0 Å². The zero-order valence-electron chi connectivity index (χ0n) is 8.31. The number of nitrogens with one attached hydrogen (secondary N) is 1. The zero-order valence-corrected chi connectivity index (χ0v) is 8.31. The minimum atomic E-state index is 0.177. The van der Waals surface area contributed by atoms with Crippen molar-refractivity contribution in [1.29, 1.82) is 0 Å². The Kier molecular flexibility index (Phi) is 2.93. The smallest absolute Gasteiger partial charge is 0.144 e. The van der Waals surface area contributed by atoms with Crippen LogP contribution in [0.1, 0.15) is 11.4 Å². The van der Waals surface area contributed by atoms with Gasteiger partial charge in [-0.25, -0.2) is 4.98 Å². The van der Waals surface area contributed by atoms with Crippen LogP contribution in [0.5, 0.6) is 0 Å². The third-order valence-electron chi connectivity index (χ3n) is 2.16. The Morgan fingerprint density at radius 2 is 2.00 bits per heavy atom. The van der Waals surface area contributed by atoms with Gasteiger partial charge in [0.15, 0.2) is 0 Å². The fraction of sp³-hybridized carbons (Fsp3) is 0.167. The van der Waals surface area contributed by atoms with Crippen molar-refractivity contribution in [3.8, 4) is 0 Å². The number of imidazole rings is 1. The van der Waals surface area contributed by atoms with Gasteiger partial charge in [-0.2, -0.15) is 0 Å². The molecule has 0 amide bonds. The van der Waals surface area contributed by atoms with E-state index in [0.29, 0.717) is 12.8 Å². The molecular formula is C12H12N2O. The van der Waals surface area contributed by atoms with E-state index in [-0.39, 0.29) is 5.78 Å². The Labute approximate surface area is 88.2 Å². The molecule has 0 atom stereocenters. The summed E-state index contributed by atoms with van der Waals surface area (Å²) in [5.74, 6) is 0.909. The van der Waals surface area contributed by atoms with Gasteiger partial charge in [0.05, 0.1) is 6.42 Å². The number of rotatable bonds is 4. The summed E-state index contributed by atoms with van der Waals surface area (Å²) in [6.07, 6.45) is 4.24. The molecule has 0 bridgehead atoms. The molecule has 1 aromatic carbocycles. The SMILES string of the molecule is O=C(Cc1ccccc1)Cc1ncc[nH]1. The summed E-state index contributed by atoms with van der Waals surface area (Å²) in [7, 11) is 0. The Morgan fingerprint density at radius 3 is 2.67 bits per heavy atom. The largest absolute Gasteiger partial charge is 0.348 e. The highest BCUT2D eigenvalue weighted by Crippen LogP contribution is 2.02. The van der Waals surface area contributed by atoms with Crippen molar-refractivity contribution >= 4 is 5.78 Å². The van der Waals surface area contributed by atoms with Crippen LogP contribution in [0.2, 0.25) is 0 Å². The lowest BCUT2D eigenvalue weighted by Gasteiger charge is -1.98. The van der Waals surface area contributed by atoms with Crippen LogP contribution in [0.15, 0.2) is 42.7 Å². The molecule has 0 aliphatic carbocycles. The summed E-state index contributed by atoms with van der Waals surface area (Å²) in [6.45, 7) is 0. The monoisotopic (exact) mass is 200 g/mol. The van der Waals surface area contributed by atoms with Crippen LogP contribution in [-0.2, 0) is 17.6 Å². The molecule has 0 spiro atoms. The molecule has 1 aromatic heterocycles. The van der Waals surface area contributed by atoms with Crippen molar-refractivity contribution < 1.29 is 4.79 Å². The summed E-state index contributed by atoms with van der Waals surface area (Å²) in [5, 5.41) is 0. The number of carbonyl (C=O) groups is 1. The van der Waals surface area contributed by atoms with Gasteiger partial charge in [-0.3, -0.25) is 4.79 Å². The van der Waals surface area contributed by atoms with Crippen LogP contribution in [0, 0.1) is 0 Å². The Morgan fingerprint density at radius 1 is 1.20 bits per heavy atom. The number of aromatic amines is 1. The van der Waals surface area contributed by atoms with E-state index in [9.17, 15) is 4.79 Å². The second-order valence-electron chi connectivity index (χ2n) is 3.41. The Balaban J connectivity index is 1.94. The maximum atomic E-state index is 11.6. The van der Waals surface area contributed by atoms with Crippen LogP contribution in [0.4, 0.5) is 0 Å². The second-order valence-corrected chi connectivity index (χ2v) is 3.41. The van der Waals surface area contributed by atoms with E-state index in [1.54, 1.807) is 12.4 Å². The molecule has 2 aromatic rings. The molecule has 76 valence electrons. The number of benzene rings is 1. The van der Waals surface area contributed by atoms with E-state index in [1.165, 1.54) is 0 Å². The third-order valence-corrected chi connectivity index (χ3v) is 2.16. The van der Waals surface area contributed by atoms with Crippen LogP contribution in [-0.4, -0.2) is 15.8 Å². The molecule has 0 aliphatic rings. The molecule has 0 radical (unpaired) electrons. The minimum Gasteiger partial charge on any atom is -0.348 e. The van der Waals surface area contributed by atoms with E-state index in [4.69, 9.17) is 0 Å². The third kappa shape index (κ3) is 2.77. The normalized spacial score (nSPS) is 10.1. The van der Waals surface area contributed by atoms with Crippen molar-refractivity contribution in [2.75, 3.05) is 0 Å². The number of ketones is 1. The van der Waals surface area contributed by atoms with Gasteiger partial charge < -0.3 is 4.98 Å². The first-order valence-electron chi connectivity index (χ1n) is 4.88. The molecule has 0 saturated heterocycles. The topological polar surface area (TPSA) is 45.8 Å². The Hall–Kier alpha value is -1.90. The lowest BCUT2D eigenvalue weighted by atomic mass is 10.1. The molecule has 0 saturated carbocycles. The molecule has 3 heteroatoms. The quantitative estimate of drug-likeness (QED) is 0.817. The van der Waals surface area contributed by atoms with Crippen molar-refractivity contribution in [1.82, 2.24) is 9.97 Å². The van der Waals surface area contributed by atoms with Crippen LogP contribution in [0.25, 0.3) is 0 Å². The molecule has 3 nitrogen and oxygen atoms in total. The van der Waals surface area contributed by atoms with Gasteiger partial charge in [-0.05, 0) is 5.56 Å². The summed E-state index contributed by atoms with van der Waals surface area (Å²) in [5.41, 5.74) is 1.05. The second kappa shape index (κ2) is 4.55. The van der Waals surface area contributed by atoms with Crippen LogP contribution < -0.4 is 0 Å². The predicted octanol–water partition coefficient (Wildman–Crippen LogP) is 1.76. The number of Topliss-reactive ketones (excluding diaryl/α,β-unsaturated/α-hetero) is 1. The lowest BCUT2D eigenvalue weighted by Crippen LogP contribution is -2.07. The fourth-order valence-electron chi connectivity index (χ4n) is 1.47. The van der Waals surface area contributed by atoms with E-state index < -0.39 is 0 Å². The molecule has 0 unspecified atom stereocenters. The highest BCUT2D eigenvalue weighted by Gasteiger charge is 2.05.